The fourth-order valence-electron chi connectivity index (χ4n) is 4.29. The first-order valence-electron chi connectivity index (χ1n) is 10.9. The molecule has 3 amide bonds. The molecular formula is C24H23N5O4S. The maximum absolute atomic E-state index is 13.2. The normalized spacial score (nSPS) is 16.8. The van der Waals surface area contributed by atoms with Crippen molar-refractivity contribution in [1.82, 2.24) is 20.2 Å². The third-order valence-corrected chi connectivity index (χ3v) is 7.01. The van der Waals surface area contributed by atoms with Crippen molar-refractivity contribution in [3.8, 4) is 16.9 Å². The van der Waals surface area contributed by atoms with E-state index in [0.717, 1.165) is 27.4 Å². The number of thiazole rings is 1. The number of methoxy groups -OCH3 is 1. The highest BCUT2D eigenvalue weighted by atomic mass is 32.1. The van der Waals surface area contributed by atoms with E-state index < -0.39 is 5.92 Å². The molecule has 1 saturated heterocycles. The number of anilines is 1. The highest BCUT2D eigenvalue weighted by Crippen LogP contribution is 2.35. The minimum atomic E-state index is -0.615. The first-order valence-corrected chi connectivity index (χ1v) is 11.7. The van der Waals surface area contributed by atoms with Gasteiger partial charge in [-0.05, 0) is 25.5 Å². The summed E-state index contributed by atoms with van der Waals surface area (Å²) < 4.78 is 5.49. The summed E-state index contributed by atoms with van der Waals surface area (Å²) in [5.74, 6) is -0.653. The fraction of sp³-hybridized carbons (Fsp3) is 0.292. The Hall–Kier alpha value is -3.79. The molecule has 0 saturated carbocycles. The molecule has 3 aromatic rings. The highest BCUT2D eigenvalue weighted by molar-refractivity contribution is 7.16. The topological polar surface area (TPSA) is 114 Å². The van der Waals surface area contributed by atoms with Gasteiger partial charge in [-0.1, -0.05) is 29.5 Å². The van der Waals surface area contributed by atoms with Gasteiger partial charge in [0.15, 0.2) is 5.13 Å². The Labute approximate surface area is 200 Å². The number of amides is 3. The van der Waals surface area contributed by atoms with Gasteiger partial charge in [0.05, 0.1) is 36.3 Å². The number of rotatable bonds is 5. The fourth-order valence-corrected chi connectivity index (χ4v) is 5.28. The van der Waals surface area contributed by atoms with Gasteiger partial charge in [-0.25, -0.2) is 4.98 Å². The van der Waals surface area contributed by atoms with Crippen LogP contribution in [0.25, 0.3) is 11.1 Å². The van der Waals surface area contributed by atoms with E-state index in [9.17, 15) is 14.4 Å². The van der Waals surface area contributed by atoms with Gasteiger partial charge in [-0.3, -0.25) is 24.7 Å². The lowest BCUT2D eigenvalue weighted by Crippen LogP contribution is -2.36. The smallest absolute Gasteiger partial charge is 0.259 e. The van der Waals surface area contributed by atoms with E-state index in [-0.39, 0.29) is 17.7 Å². The van der Waals surface area contributed by atoms with Crippen molar-refractivity contribution in [1.29, 1.82) is 0 Å². The Balaban J connectivity index is 1.34. The Bertz CT molecular complexity index is 1280. The maximum Gasteiger partial charge on any atom is 0.259 e. The molecule has 2 aliphatic heterocycles. The summed E-state index contributed by atoms with van der Waals surface area (Å²) in [5, 5.41) is 6.05. The van der Waals surface area contributed by atoms with Crippen molar-refractivity contribution >= 4 is 34.2 Å². The first-order chi connectivity index (χ1) is 16.4. The van der Waals surface area contributed by atoms with Crippen LogP contribution in [0.1, 0.15) is 33.0 Å². The van der Waals surface area contributed by atoms with E-state index in [2.05, 4.69) is 20.6 Å². The SMILES string of the molecule is COc1ccccc1-c1cc(C)ncc1C(=O)Nc1nc2c(s1)CN(C(=O)[C@@H]1CCNC1=O)C2. The number of fused-ring (bicyclic) bond motifs is 1. The van der Waals surface area contributed by atoms with Gasteiger partial charge in [-0.15, -0.1) is 0 Å². The summed E-state index contributed by atoms with van der Waals surface area (Å²) in [6.07, 6.45) is 2.08. The van der Waals surface area contributed by atoms with Gasteiger partial charge in [0.2, 0.25) is 11.8 Å². The molecule has 1 fully saturated rings. The minimum Gasteiger partial charge on any atom is -0.496 e. The van der Waals surface area contributed by atoms with Crippen LogP contribution in [-0.4, -0.2) is 46.2 Å². The third kappa shape index (κ3) is 4.01. The third-order valence-electron chi connectivity index (χ3n) is 6.01. The summed E-state index contributed by atoms with van der Waals surface area (Å²) in [5.41, 5.74) is 3.46. The highest BCUT2D eigenvalue weighted by Gasteiger charge is 2.37. The molecule has 5 rings (SSSR count). The number of benzene rings is 1. The lowest BCUT2D eigenvalue weighted by molar-refractivity contribution is -0.140. The molecule has 1 atom stereocenters. The number of pyridine rings is 1. The van der Waals surface area contributed by atoms with E-state index in [1.54, 1.807) is 18.2 Å². The number of carbonyl (C=O) groups excluding carboxylic acids is 3. The second-order valence-corrected chi connectivity index (χ2v) is 9.32. The molecule has 0 aliphatic carbocycles. The maximum atomic E-state index is 13.2. The molecule has 0 radical (unpaired) electrons. The van der Waals surface area contributed by atoms with Crippen LogP contribution >= 0.6 is 11.3 Å². The molecule has 10 heteroatoms. The van der Waals surface area contributed by atoms with Crippen molar-refractivity contribution in [2.24, 2.45) is 5.92 Å². The number of para-hydroxylation sites is 1. The molecule has 0 spiro atoms. The Kier molecular flexibility index (Phi) is 5.74. The molecule has 0 bridgehead atoms. The van der Waals surface area contributed by atoms with E-state index in [1.165, 1.54) is 11.3 Å². The van der Waals surface area contributed by atoms with Crippen LogP contribution in [0.15, 0.2) is 36.5 Å². The summed E-state index contributed by atoms with van der Waals surface area (Å²) in [4.78, 5) is 49.1. The number of carbonyl (C=O) groups is 3. The molecule has 34 heavy (non-hydrogen) atoms. The molecule has 9 nitrogen and oxygen atoms in total. The molecule has 2 N–H and O–H groups in total. The van der Waals surface area contributed by atoms with E-state index in [1.807, 2.05) is 37.3 Å². The molecule has 4 heterocycles. The number of hydrogen-bond donors (Lipinski definition) is 2. The number of nitrogens with zero attached hydrogens (tertiary/aromatic N) is 3. The number of aryl methyl sites for hydroxylation is 1. The van der Waals surface area contributed by atoms with Crippen LogP contribution in [0, 0.1) is 12.8 Å². The molecule has 2 aromatic heterocycles. The number of nitrogens with one attached hydrogen (secondary N) is 2. The molecular weight excluding hydrogens is 454 g/mol. The lowest BCUT2D eigenvalue weighted by atomic mass is 9.99. The van der Waals surface area contributed by atoms with Gasteiger partial charge in [0, 0.05) is 29.6 Å². The van der Waals surface area contributed by atoms with Crippen molar-refractivity contribution in [2.45, 2.75) is 26.4 Å². The monoisotopic (exact) mass is 477 g/mol. The average molecular weight is 478 g/mol. The zero-order chi connectivity index (χ0) is 23.8. The predicted molar refractivity (Wildman–Crippen MR) is 126 cm³/mol. The van der Waals surface area contributed by atoms with E-state index >= 15 is 0 Å². The molecule has 0 unspecified atom stereocenters. The van der Waals surface area contributed by atoms with Crippen LogP contribution < -0.4 is 15.4 Å². The summed E-state index contributed by atoms with van der Waals surface area (Å²) in [7, 11) is 1.59. The summed E-state index contributed by atoms with van der Waals surface area (Å²) in [6.45, 7) is 3.13. The molecule has 174 valence electrons. The quantitative estimate of drug-likeness (QED) is 0.547. The zero-order valence-electron chi connectivity index (χ0n) is 18.8. The van der Waals surface area contributed by atoms with Gasteiger partial charge in [0.1, 0.15) is 11.7 Å². The average Bonchev–Trinajstić information content (AvgIpc) is 3.53. The largest absolute Gasteiger partial charge is 0.496 e. The van der Waals surface area contributed by atoms with Crippen LogP contribution in [-0.2, 0) is 22.7 Å². The second kappa shape index (κ2) is 8.86. The van der Waals surface area contributed by atoms with Gasteiger partial charge in [-0.2, -0.15) is 0 Å². The predicted octanol–water partition coefficient (Wildman–Crippen LogP) is 2.75. The standard InChI is InChI=1S/C24H23N5O4S/c1-13-9-16(14-5-3-4-6-19(14)33-2)17(10-26-13)22(31)28-24-27-18-11-29(12-20(18)34-24)23(32)15-7-8-25-21(15)30/h3-6,9-10,15H,7-8,11-12H2,1-2H3,(H,25,30)(H,27,28,31)/t15-/m1/s1. The van der Waals surface area contributed by atoms with Crippen molar-refractivity contribution in [2.75, 3.05) is 19.0 Å². The van der Waals surface area contributed by atoms with Crippen molar-refractivity contribution < 1.29 is 19.1 Å². The van der Waals surface area contributed by atoms with Gasteiger partial charge in [0.25, 0.3) is 5.91 Å². The van der Waals surface area contributed by atoms with Gasteiger partial charge < -0.3 is 15.0 Å². The first kappa shape index (κ1) is 22.0. The molecule has 2 aliphatic rings. The number of hydrogen-bond acceptors (Lipinski definition) is 7. The summed E-state index contributed by atoms with van der Waals surface area (Å²) in [6, 6.07) is 9.37. The van der Waals surface area contributed by atoms with Crippen molar-refractivity contribution in [3.05, 3.63) is 58.4 Å². The number of ether oxygens (including phenoxy) is 1. The molecule has 1 aromatic carbocycles. The Morgan fingerprint density at radius 3 is 2.79 bits per heavy atom. The Morgan fingerprint density at radius 1 is 1.24 bits per heavy atom. The minimum absolute atomic E-state index is 0.169. The Morgan fingerprint density at radius 2 is 2.06 bits per heavy atom. The summed E-state index contributed by atoms with van der Waals surface area (Å²) >= 11 is 1.34. The van der Waals surface area contributed by atoms with Gasteiger partial charge >= 0.3 is 0 Å². The zero-order valence-corrected chi connectivity index (χ0v) is 19.6. The van der Waals surface area contributed by atoms with Crippen molar-refractivity contribution in [3.63, 3.8) is 0 Å². The van der Waals surface area contributed by atoms with E-state index in [4.69, 9.17) is 4.74 Å². The second-order valence-electron chi connectivity index (χ2n) is 8.24. The van der Waals surface area contributed by atoms with Crippen LogP contribution in [0.2, 0.25) is 0 Å². The number of aromatic nitrogens is 2. The van der Waals surface area contributed by atoms with Crippen LogP contribution in [0.3, 0.4) is 0 Å². The van der Waals surface area contributed by atoms with E-state index in [0.29, 0.717) is 42.5 Å². The van der Waals surface area contributed by atoms with Crippen LogP contribution in [0.4, 0.5) is 5.13 Å². The lowest BCUT2D eigenvalue weighted by Gasteiger charge is -2.18. The van der Waals surface area contributed by atoms with Crippen LogP contribution in [0.5, 0.6) is 5.75 Å².